The Morgan fingerprint density at radius 2 is 2.53 bits per heavy atom. The average molecular weight is 226 g/mol. The van der Waals surface area contributed by atoms with E-state index < -0.39 is 0 Å². The molecule has 5 heteroatoms. The van der Waals surface area contributed by atoms with Crippen molar-refractivity contribution in [3.63, 3.8) is 0 Å². The molecule has 1 aliphatic rings. The van der Waals surface area contributed by atoms with E-state index >= 15 is 0 Å². The zero-order valence-electron chi connectivity index (χ0n) is 8.68. The minimum Gasteiger partial charge on any atom is -0.465 e. The van der Waals surface area contributed by atoms with E-state index in [2.05, 4.69) is 4.98 Å². The van der Waals surface area contributed by atoms with Crippen molar-refractivity contribution in [3.8, 4) is 0 Å². The summed E-state index contributed by atoms with van der Waals surface area (Å²) in [6, 6.07) is 0.487. The largest absolute Gasteiger partial charge is 0.465 e. The lowest BCUT2D eigenvalue weighted by molar-refractivity contribution is -0.141. The Hall–Kier alpha value is -1.10. The Morgan fingerprint density at radius 1 is 1.73 bits per heavy atom. The molecule has 0 radical (unpaired) electrons. The zero-order chi connectivity index (χ0) is 10.7. The quantitative estimate of drug-likeness (QED) is 0.716. The molecule has 1 fully saturated rings. The summed E-state index contributed by atoms with van der Waals surface area (Å²) in [4.78, 5) is 17.7. The highest BCUT2D eigenvalue weighted by molar-refractivity contribution is 7.13. The van der Waals surface area contributed by atoms with Crippen LogP contribution < -0.4 is 4.90 Å². The number of rotatable bonds is 5. The Labute approximate surface area is 92.9 Å². The van der Waals surface area contributed by atoms with Crippen LogP contribution in [0.2, 0.25) is 0 Å². The Kier molecular flexibility index (Phi) is 3.20. The standard InChI is InChI=1S/C10H14N2O2S/c1-2-14-9(13)7-12(8-3-4-8)10-11-5-6-15-10/h5-6,8H,2-4,7H2,1H3. The van der Waals surface area contributed by atoms with Gasteiger partial charge in [-0.05, 0) is 19.8 Å². The molecule has 82 valence electrons. The fraction of sp³-hybridized carbons (Fsp3) is 0.600. The van der Waals surface area contributed by atoms with Crippen LogP contribution in [0.4, 0.5) is 5.13 Å². The fourth-order valence-electron chi connectivity index (χ4n) is 1.44. The molecular weight excluding hydrogens is 212 g/mol. The van der Waals surface area contributed by atoms with Gasteiger partial charge in [0.25, 0.3) is 0 Å². The van der Waals surface area contributed by atoms with Gasteiger partial charge in [-0.3, -0.25) is 4.79 Å². The van der Waals surface area contributed by atoms with Gasteiger partial charge in [0.05, 0.1) is 6.61 Å². The van der Waals surface area contributed by atoms with Crippen molar-refractivity contribution in [1.82, 2.24) is 4.98 Å². The van der Waals surface area contributed by atoms with Crippen molar-refractivity contribution in [2.24, 2.45) is 0 Å². The summed E-state index contributed by atoms with van der Waals surface area (Å²) >= 11 is 1.57. The van der Waals surface area contributed by atoms with E-state index in [4.69, 9.17) is 4.74 Å². The van der Waals surface area contributed by atoms with Gasteiger partial charge >= 0.3 is 5.97 Å². The molecule has 0 aliphatic heterocycles. The smallest absolute Gasteiger partial charge is 0.325 e. The number of nitrogens with zero attached hydrogens (tertiary/aromatic N) is 2. The molecular formula is C10H14N2O2S. The van der Waals surface area contributed by atoms with Gasteiger partial charge in [-0.2, -0.15) is 0 Å². The number of carbonyl (C=O) groups is 1. The molecule has 1 aliphatic carbocycles. The number of aromatic nitrogens is 1. The molecule has 0 spiro atoms. The molecule has 4 nitrogen and oxygen atoms in total. The normalized spacial score (nSPS) is 15.0. The number of carbonyl (C=O) groups excluding carboxylic acids is 1. The lowest BCUT2D eigenvalue weighted by Crippen LogP contribution is -2.32. The topological polar surface area (TPSA) is 42.4 Å². The molecule has 0 amide bonds. The van der Waals surface area contributed by atoms with Crippen LogP contribution in [0.1, 0.15) is 19.8 Å². The van der Waals surface area contributed by atoms with Crippen LogP contribution in [0.3, 0.4) is 0 Å². The molecule has 0 atom stereocenters. The molecule has 1 heterocycles. The summed E-state index contributed by atoms with van der Waals surface area (Å²) in [6.07, 6.45) is 4.07. The highest BCUT2D eigenvalue weighted by Gasteiger charge is 2.32. The Morgan fingerprint density at radius 3 is 3.07 bits per heavy atom. The summed E-state index contributed by atoms with van der Waals surface area (Å²) in [6.45, 7) is 2.59. The second kappa shape index (κ2) is 4.61. The summed E-state index contributed by atoms with van der Waals surface area (Å²) in [5.74, 6) is -0.167. The van der Waals surface area contributed by atoms with E-state index in [0.717, 1.165) is 18.0 Å². The lowest BCUT2D eigenvalue weighted by Gasteiger charge is -2.19. The van der Waals surface area contributed by atoms with Crippen molar-refractivity contribution < 1.29 is 9.53 Å². The molecule has 2 rings (SSSR count). The van der Waals surface area contributed by atoms with Crippen molar-refractivity contribution in [3.05, 3.63) is 11.6 Å². The van der Waals surface area contributed by atoms with Crippen LogP contribution >= 0.6 is 11.3 Å². The van der Waals surface area contributed by atoms with Crippen LogP contribution in [0.15, 0.2) is 11.6 Å². The maximum Gasteiger partial charge on any atom is 0.325 e. The van der Waals surface area contributed by atoms with Crippen LogP contribution in [0, 0.1) is 0 Å². The summed E-state index contributed by atoms with van der Waals surface area (Å²) < 4.78 is 4.94. The third-order valence-corrected chi connectivity index (χ3v) is 3.07. The maximum absolute atomic E-state index is 11.4. The summed E-state index contributed by atoms with van der Waals surface area (Å²) in [5, 5.41) is 2.85. The minimum atomic E-state index is -0.167. The van der Waals surface area contributed by atoms with Crippen LogP contribution in [-0.2, 0) is 9.53 Å². The molecule has 0 saturated heterocycles. The SMILES string of the molecule is CCOC(=O)CN(c1nccs1)C1CC1. The average Bonchev–Trinajstić information content (AvgIpc) is 2.90. The van der Waals surface area contributed by atoms with Gasteiger partial charge in [0.1, 0.15) is 6.54 Å². The molecule has 1 aromatic rings. The summed E-state index contributed by atoms with van der Waals surface area (Å²) in [5.41, 5.74) is 0. The van der Waals surface area contributed by atoms with E-state index in [1.54, 1.807) is 17.5 Å². The Balaban J connectivity index is 1.98. The van der Waals surface area contributed by atoms with Crippen molar-refractivity contribution in [2.75, 3.05) is 18.1 Å². The third kappa shape index (κ3) is 2.68. The van der Waals surface area contributed by atoms with Gasteiger partial charge in [-0.25, -0.2) is 4.98 Å². The van der Waals surface area contributed by atoms with E-state index in [9.17, 15) is 4.79 Å². The van der Waals surface area contributed by atoms with E-state index in [1.807, 2.05) is 17.2 Å². The number of hydrogen-bond donors (Lipinski definition) is 0. The minimum absolute atomic E-state index is 0.167. The van der Waals surface area contributed by atoms with Gasteiger partial charge in [0.2, 0.25) is 0 Å². The number of ether oxygens (including phenoxy) is 1. The second-order valence-corrected chi connectivity index (χ2v) is 4.35. The van der Waals surface area contributed by atoms with Crippen LogP contribution in [0.25, 0.3) is 0 Å². The zero-order valence-corrected chi connectivity index (χ0v) is 9.50. The van der Waals surface area contributed by atoms with Gasteiger partial charge < -0.3 is 9.64 Å². The van der Waals surface area contributed by atoms with Gasteiger partial charge in [-0.15, -0.1) is 11.3 Å². The van der Waals surface area contributed by atoms with Crippen LogP contribution in [-0.4, -0.2) is 30.1 Å². The molecule has 1 aromatic heterocycles. The molecule has 0 unspecified atom stereocenters. The second-order valence-electron chi connectivity index (χ2n) is 3.48. The fourth-order valence-corrected chi connectivity index (χ4v) is 2.16. The first-order chi connectivity index (χ1) is 7.31. The van der Waals surface area contributed by atoms with Crippen molar-refractivity contribution >= 4 is 22.4 Å². The summed E-state index contributed by atoms with van der Waals surface area (Å²) in [7, 11) is 0. The maximum atomic E-state index is 11.4. The highest BCUT2D eigenvalue weighted by Crippen LogP contribution is 2.32. The lowest BCUT2D eigenvalue weighted by atomic mass is 10.5. The van der Waals surface area contributed by atoms with Gasteiger partial charge in [0, 0.05) is 17.6 Å². The monoisotopic (exact) mass is 226 g/mol. The van der Waals surface area contributed by atoms with Crippen molar-refractivity contribution in [2.45, 2.75) is 25.8 Å². The number of anilines is 1. The molecule has 0 aromatic carbocycles. The number of thiazole rings is 1. The first kappa shape index (κ1) is 10.4. The van der Waals surface area contributed by atoms with E-state index in [0.29, 0.717) is 19.2 Å². The van der Waals surface area contributed by atoms with Crippen LogP contribution in [0.5, 0.6) is 0 Å². The van der Waals surface area contributed by atoms with Crippen molar-refractivity contribution in [1.29, 1.82) is 0 Å². The number of esters is 1. The molecule has 0 N–H and O–H groups in total. The number of hydrogen-bond acceptors (Lipinski definition) is 5. The highest BCUT2D eigenvalue weighted by atomic mass is 32.1. The first-order valence-corrected chi connectivity index (χ1v) is 6.01. The predicted octanol–water partition coefficient (Wildman–Crippen LogP) is 1.68. The third-order valence-electron chi connectivity index (χ3n) is 2.26. The molecule has 1 saturated carbocycles. The molecule has 15 heavy (non-hydrogen) atoms. The van der Waals surface area contributed by atoms with E-state index in [-0.39, 0.29) is 5.97 Å². The predicted molar refractivity (Wildman–Crippen MR) is 59.1 cm³/mol. The van der Waals surface area contributed by atoms with Gasteiger partial charge in [0.15, 0.2) is 5.13 Å². The Bertz CT molecular complexity index is 322. The van der Waals surface area contributed by atoms with Gasteiger partial charge in [-0.1, -0.05) is 0 Å². The first-order valence-electron chi connectivity index (χ1n) is 5.13. The molecule has 0 bridgehead atoms. The van der Waals surface area contributed by atoms with E-state index in [1.165, 1.54) is 0 Å².